The van der Waals surface area contributed by atoms with E-state index < -0.39 is 22.6 Å². The average Bonchev–Trinajstić information content (AvgIpc) is 3.47. The van der Waals surface area contributed by atoms with E-state index in [1.165, 1.54) is 18.2 Å². The number of nitro benzene ring substituents is 1. The van der Waals surface area contributed by atoms with Crippen molar-refractivity contribution < 1.29 is 29.1 Å². The van der Waals surface area contributed by atoms with Crippen LogP contribution in [-0.2, 0) is 16.9 Å². The summed E-state index contributed by atoms with van der Waals surface area (Å²) >= 11 is 0. The topological polar surface area (TPSA) is 140 Å². The van der Waals surface area contributed by atoms with Crippen LogP contribution in [0.4, 0.5) is 16.2 Å². The van der Waals surface area contributed by atoms with Crippen molar-refractivity contribution in [2.24, 2.45) is 0 Å². The van der Waals surface area contributed by atoms with Gasteiger partial charge >= 0.3 is 12.1 Å². The number of hydrogen-bond acceptors (Lipinski definition) is 8. The molecule has 4 aromatic rings. The van der Waals surface area contributed by atoms with Gasteiger partial charge in [-0.25, -0.2) is 14.3 Å². The third-order valence-electron chi connectivity index (χ3n) is 7.75. The second-order valence-electron chi connectivity index (χ2n) is 10.9. The van der Waals surface area contributed by atoms with Crippen LogP contribution in [0.2, 0.25) is 0 Å². The molecule has 2 aliphatic heterocycles. The highest BCUT2D eigenvalue weighted by atomic mass is 16.6. The largest absolute Gasteiger partial charge is 0.482 e. The van der Waals surface area contributed by atoms with Crippen molar-refractivity contribution in [3.8, 4) is 22.7 Å². The van der Waals surface area contributed by atoms with Crippen molar-refractivity contribution in [3.63, 3.8) is 0 Å². The van der Waals surface area contributed by atoms with Crippen molar-refractivity contribution >= 4 is 23.4 Å². The van der Waals surface area contributed by atoms with Gasteiger partial charge in [0.1, 0.15) is 23.6 Å². The number of nitrogens with zero attached hydrogens (tertiary/aromatic N) is 5. The number of anilines is 1. The highest BCUT2D eigenvalue weighted by molar-refractivity contribution is 5.88. The SMILES string of the molecule is CC1(C)Oc2cc(N3CCN(C(=O)OCc4ccccc4)CC3)c([N+](=O)[O-])cc2-c2c1cnn2-c1ccc(C(=O)O)cc1. The Bertz CT molecular complexity index is 1710. The van der Waals surface area contributed by atoms with E-state index in [-0.39, 0.29) is 17.9 Å². The Hall–Kier alpha value is -5.39. The van der Waals surface area contributed by atoms with Gasteiger partial charge in [0, 0.05) is 49.4 Å². The van der Waals surface area contributed by atoms with Gasteiger partial charge in [-0.05, 0) is 43.7 Å². The van der Waals surface area contributed by atoms with Crippen LogP contribution in [-0.4, -0.2) is 63.0 Å². The van der Waals surface area contributed by atoms with E-state index in [9.17, 15) is 24.8 Å². The highest BCUT2D eigenvalue weighted by Gasteiger charge is 2.39. The second-order valence-corrected chi connectivity index (χ2v) is 10.9. The van der Waals surface area contributed by atoms with E-state index in [1.807, 2.05) is 49.1 Å². The number of benzene rings is 3. The molecule has 0 radical (unpaired) electrons. The standard InChI is InChI=1S/C31H29N5O7/c1-31(2)24-18-32-35(22-10-8-21(9-11-22)29(37)38)28(24)23-16-26(36(40)41)25(17-27(23)43-31)33-12-14-34(15-13-33)30(39)42-19-20-6-4-3-5-7-20/h3-11,16-18H,12-15,19H2,1-2H3,(H,37,38). The van der Waals surface area contributed by atoms with E-state index in [1.54, 1.807) is 34.0 Å². The molecule has 0 atom stereocenters. The molecule has 220 valence electrons. The molecule has 3 heterocycles. The zero-order valence-corrected chi connectivity index (χ0v) is 23.6. The number of rotatable bonds is 6. The number of hydrogen-bond donors (Lipinski definition) is 1. The fourth-order valence-corrected chi connectivity index (χ4v) is 5.49. The molecule has 0 unspecified atom stereocenters. The van der Waals surface area contributed by atoms with Gasteiger partial charge < -0.3 is 24.4 Å². The summed E-state index contributed by atoms with van der Waals surface area (Å²) in [7, 11) is 0. The first-order chi connectivity index (χ1) is 20.6. The van der Waals surface area contributed by atoms with E-state index >= 15 is 0 Å². The predicted octanol–water partition coefficient (Wildman–Crippen LogP) is 5.23. The van der Waals surface area contributed by atoms with Crippen LogP contribution in [0.15, 0.2) is 72.9 Å². The maximum Gasteiger partial charge on any atom is 0.410 e. The van der Waals surface area contributed by atoms with Crippen LogP contribution >= 0.6 is 0 Å². The van der Waals surface area contributed by atoms with E-state index in [0.29, 0.717) is 54.6 Å². The molecule has 2 aliphatic rings. The monoisotopic (exact) mass is 583 g/mol. The summed E-state index contributed by atoms with van der Waals surface area (Å²) in [6.07, 6.45) is 1.24. The first kappa shape index (κ1) is 27.8. The minimum atomic E-state index is -1.04. The number of aromatic carboxylic acids is 1. The third kappa shape index (κ3) is 5.23. The molecule has 3 aromatic carbocycles. The van der Waals surface area contributed by atoms with Gasteiger partial charge in [-0.1, -0.05) is 30.3 Å². The van der Waals surface area contributed by atoms with Gasteiger partial charge in [0.2, 0.25) is 0 Å². The molecule has 0 spiro atoms. The minimum Gasteiger partial charge on any atom is -0.482 e. The van der Waals surface area contributed by atoms with Crippen LogP contribution < -0.4 is 9.64 Å². The van der Waals surface area contributed by atoms with Crippen molar-refractivity contribution in [3.05, 3.63) is 99.7 Å². The maximum atomic E-state index is 12.7. The summed E-state index contributed by atoms with van der Waals surface area (Å²) in [5, 5.41) is 26.2. The van der Waals surface area contributed by atoms with Crippen molar-refractivity contribution in [1.29, 1.82) is 0 Å². The average molecular weight is 584 g/mol. The summed E-state index contributed by atoms with van der Waals surface area (Å²) < 4.78 is 13.5. The Morgan fingerprint density at radius 1 is 1.05 bits per heavy atom. The van der Waals surface area contributed by atoms with Gasteiger partial charge in [0.25, 0.3) is 5.69 Å². The third-order valence-corrected chi connectivity index (χ3v) is 7.75. The molecule has 1 aromatic heterocycles. The fourth-order valence-electron chi connectivity index (χ4n) is 5.49. The lowest BCUT2D eigenvalue weighted by atomic mass is 9.90. The molecule has 1 fully saturated rings. The number of piperazine rings is 1. The summed E-state index contributed by atoms with van der Waals surface area (Å²) in [4.78, 5) is 39.4. The quantitative estimate of drug-likeness (QED) is 0.239. The fraction of sp³-hybridized carbons (Fsp3) is 0.258. The zero-order valence-electron chi connectivity index (χ0n) is 23.6. The Kier molecular flexibility index (Phi) is 6.96. The lowest BCUT2D eigenvalue weighted by molar-refractivity contribution is -0.384. The van der Waals surface area contributed by atoms with Gasteiger partial charge in [0.15, 0.2) is 0 Å². The van der Waals surface area contributed by atoms with Gasteiger partial charge in [-0.2, -0.15) is 5.10 Å². The molecule has 1 saturated heterocycles. The highest BCUT2D eigenvalue weighted by Crippen LogP contribution is 2.49. The second kappa shape index (κ2) is 10.8. The zero-order chi connectivity index (χ0) is 30.3. The van der Waals surface area contributed by atoms with E-state index in [4.69, 9.17) is 9.47 Å². The molecule has 6 rings (SSSR count). The molecule has 1 amide bonds. The molecular formula is C31H29N5O7. The predicted molar refractivity (Wildman–Crippen MR) is 157 cm³/mol. The number of carboxylic acids is 1. The molecule has 43 heavy (non-hydrogen) atoms. The molecule has 0 saturated carbocycles. The number of carboxylic acid groups (broad SMARTS) is 1. The van der Waals surface area contributed by atoms with E-state index in [0.717, 1.165) is 11.1 Å². The number of nitro groups is 1. The number of carbonyl (C=O) groups is 2. The molecule has 0 bridgehead atoms. The first-order valence-corrected chi connectivity index (χ1v) is 13.8. The Morgan fingerprint density at radius 3 is 2.40 bits per heavy atom. The lowest BCUT2D eigenvalue weighted by Crippen LogP contribution is -2.49. The molecule has 0 aliphatic carbocycles. The molecular weight excluding hydrogens is 554 g/mol. The van der Waals surface area contributed by atoms with Crippen molar-refractivity contribution in [2.75, 3.05) is 31.1 Å². The van der Waals surface area contributed by atoms with Crippen LogP contribution in [0.3, 0.4) is 0 Å². The van der Waals surface area contributed by atoms with Gasteiger partial charge in [0.05, 0.1) is 28.1 Å². The summed E-state index contributed by atoms with van der Waals surface area (Å²) in [5.41, 5.74) is 3.03. The van der Waals surface area contributed by atoms with Crippen molar-refractivity contribution in [2.45, 2.75) is 26.1 Å². The number of amides is 1. The normalized spacial score (nSPS) is 15.2. The van der Waals surface area contributed by atoms with E-state index in [2.05, 4.69) is 5.10 Å². The summed E-state index contributed by atoms with van der Waals surface area (Å²) in [5.74, 6) is -0.575. The van der Waals surface area contributed by atoms with Crippen LogP contribution in [0.25, 0.3) is 16.9 Å². The molecule has 12 heteroatoms. The lowest BCUT2D eigenvalue weighted by Gasteiger charge is -2.37. The van der Waals surface area contributed by atoms with Crippen LogP contribution in [0.5, 0.6) is 5.75 Å². The van der Waals surface area contributed by atoms with Crippen LogP contribution in [0.1, 0.15) is 35.3 Å². The van der Waals surface area contributed by atoms with Crippen molar-refractivity contribution in [1.82, 2.24) is 14.7 Å². The van der Waals surface area contributed by atoms with Crippen LogP contribution in [0, 0.1) is 10.1 Å². The smallest absolute Gasteiger partial charge is 0.410 e. The number of aromatic nitrogens is 2. The minimum absolute atomic E-state index is 0.0953. The summed E-state index contributed by atoms with van der Waals surface area (Å²) in [6.45, 7) is 5.41. The first-order valence-electron chi connectivity index (χ1n) is 13.8. The Balaban J connectivity index is 1.28. The van der Waals surface area contributed by atoms with Gasteiger partial charge in [-0.3, -0.25) is 10.1 Å². The number of ether oxygens (including phenoxy) is 2. The summed E-state index contributed by atoms with van der Waals surface area (Å²) in [6, 6.07) is 18.9. The molecule has 1 N–H and O–H groups in total. The number of fused-ring (bicyclic) bond motifs is 3. The van der Waals surface area contributed by atoms with Gasteiger partial charge in [-0.15, -0.1) is 0 Å². The molecule has 12 nitrogen and oxygen atoms in total. The Morgan fingerprint density at radius 2 is 1.74 bits per heavy atom. The maximum absolute atomic E-state index is 12.7. The number of carbonyl (C=O) groups excluding carboxylic acids is 1. The Labute approximate surface area is 246 Å².